The molecule has 0 fully saturated rings. The van der Waals surface area contributed by atoms with Crippen LogP contribution in [0.2, 0.25) is 0 Å². The van der Waals surface area contributed by atoms with Crippen molar-refractivity contribution in [2.24, 2.45) is 10.00 Å². The van der Waals surface area contributed by atoms with Crippen molar-refractivity contribution in [2.75, 3.05) is 58.3 Å². The normalized spacial score (nSPS) is 12.6. The van der Waals surface area contributed by atoms with E-state index in [1.54, 1.807) is 0 Å². The predicted molar refractivity (Wildman–Crippen MR) is 131 cm³/mol. The third kappa shape index (κ3) is 9.29. The summed E-state index contributed by atoms with van der Waals surface area (Å²) in [7, 11) is -3.98. The number of hydrogen-bond donors (Lipinski definition) is 0. The van der Waals surface area contributed by atoms with Gasteiger partial charge < -0.3 is 22.2 Å². The first-order valence-electron chi connectivity index (χ1n) is 11.2. The standard InChI is InChI=1S/C20H40N6P.BF4/c1-9-24(10-2)27(25(11-3)12-4,26(13-5)14-6)22-21-19-15-17-20(18-16-19)23(7)8;2-1(3,4)5/h15-18H,9-14H2,1-8H3;/q+1;-1. The Morgan fingerprint density at radius 1 is 0.688 bits per heavy atom. The first-order valence-corrected chi connectivity index (χ1v) is 12.8. The van der Waals surface area contributed by atoms with Crippen molar-refractivity contribution < 1.29 is 17.3 Å². The van der Waals surface area contributed by atoms with E-state index in [0.29, 0.717) is 0 Å². The van der Waals surface area contributed by atoms with Crippen molar-refractivity contribution in [2.45, 2.75) is 41.5 Å². The van der Waals surface area contributed by atoms with Gasteiger partial charge in [-0.25, -0.2) is 0 Å². The Morgan fingerprint density at radius 3 is 1.25 bits per heavy atom. The summed E-state index contributed by atoms with van der Waals surface area (Å²) in [5.41, 5.74) is 2.09. The number of hydrogen-bond acceptors (Lipinski definition) is 6. The van der Waals surface area contributed by atoms with Gasteiger partial charge in [-0.15, -0.1) is 19.1 Å². The molecule has 186 valence electrons. The van der Waals surface area contributed by atoms with Crippen LogP contribution in [0.25, 0.3) is 0 Å². The van der Waals surface area contributed by atoms with E-state index in [0.717, 1.165) is 45.0 Å². The predicted octanol–water partition coefficient (Wildman–Crippen LogP) is 6.84. The molecular formula is C20H40BF4N6P. The molecular weight excluding hydrogens is 442 g/mol. The fourth-order valence-corrected chi connectivity index (χ4v) is 7.36. The molecule has 1 rings (SSSR count). The smallest absolute Gasteiger partial charge is 0.418 e. The molecule has 0 unspecified atom stereocenters. The first-order chi connectivity index (χ1) is 14.9. The molecule has 1 aromatic rings. The molecule has 0 heterocycles. The van der Waals surface area contributed by atoms with Crippen LogP contribution in [0.3, 0.4) is 0 Å². The van der Waals surface area contributed by atoms with Gasteiger partial charge in [0.05, 0.1) is 5.69 Å². The second-order valence-corrected chi connectivity index (χ2v) is 10.00. The SMILES string of the molecule is CCN(CC)[P+](N=Nc1ccc(N(C)C)cc1)(N(CC)CC)N(CC)CC.F[B-](F)(F)F. The molecule has 0 saturated heterocycles. The lowest BCUT2D eigenvalue weighted by Crippen LogP contribution is -2.44. The lowest BCUT2D eigenvalue weighted by molar-refractivity contribution is 0.327. The quantitative estimate of drug-likeness (QED) is 0.142. The van der Waals surface area contributed by atoms with Crippen molar-refractivity contribution in [3.05, 3.63) is 24.3 Å². The minimum absolute atomic E-state index is 0.913. The Morgan fingerprint density at radius 2 is 1.00 bits per heavy atom. The molecule has 0 saturated carbocycles. The molecule has 0 aromatic heterocycles. The summed E-state index contributed by atoms with van der Waals surface area (Å²) in [5, 5.41) is 4.76. The van der Waals surface area contributed by atoms with Gasteiger partial charge in [-0.05, 0) is 65.8 Å². The van der Waals surface area contributed by atoms with Crippen LogP contribution in [0.4, 0.5) is 28.6 Å². The summed E-state index contributed by atoms with van der Waals surface area (Å²) in [4.78, 5) is 7.22. The zero-order valence-corrected chi connectivity index (χ0v) is 21.7. The molecule has 6 nitrogen and oxygen atoms in total. The Kier molecular flexibility index (Phi) is 14.2. The zero-order valence-electron chi connectivity index (χ0n) is 20.8. The minimum atomic E-state index is -6.00. The van der Waals surface area contributed by atoms with E-state index in [-0.39, 0.29) is 0 Å². The molecule has 0 N–H and O–H groups in total. The van der Waals surface area contributed by atoms with Gasteiger partial charge in [-0.3, -0.25) is 0 Å². The molecule has 32 heavy (non-hydrogen) atoms. The van der Waals surface area contributed by atoms with Gasteiger partial charge in [0, 0.05) is 63.9 Å². The number of benzene rings is 1. The average Bonchev–Trinajstić information content (AvgIpc) is 2.73. The van der Waals surface area contributed by atoms with Crippen molar-refractivity contribution in [3.8, 4) is 0 Å². The van der Waals surface area contributed by atoms with E-state index in [2.05, 4.69) is 84.7 Å². The molecule has 0 aliphatic heterocycles. The third-order valence-corrected chi connectivity index (χ3v) is 9.28. The highest BCUT2D eigenvalue weighted by Gasteiger charge is 2.56. The number of rotatable bonds is 12. The first kappa shape index (κ1) is 30.7. The molecule has 0 radical (unpaired) electrons. The summed E-state index contributed by atoms with van der Waals surface area (Å²) in [5.74, 6) is 0. The van der Waals surface area contributed by atoms with E-state index >= 15 is 0 Å². The van der Waals surface area contributed by atoms with Gasteiger partial charge in [-0.1, -0.05) is 0 Å². The molecule has 0 bridgehead atoms. The van der Waals surface area contributed by atoms with E-state index < -0.39 is 15.1 Å². The summed E-state index contributed by atoms with van der Waals surface area (Å²) in [6.07, 6.45) is 0. The highest BCUT2D eigenvalue weighted by molar-refractivity contribution is 7.67. The largest absolute Gasteiger partial charge is 0.673 e. The summed E-state index contributed by atoms with van der Waals surface area (Å²) in [6.45, 7) is 19.2. The van der Waals surface area contributed by atoms with Gasteiger partial charge in [0.15, 0.2) is 0 Å². The second-order valence-electron chi connectivity index (χ2n) is 7.05. The highest BCUT2D eigenvalue weighted by atomic mass is 31.2. The molecule has 12 heteroatoms. The lowest BCUT2D eigenvalue weighted by Gasteiger charge is -2.41. The molecule has 0 aliphatic rings. The van der Waals surface area contributed by atoms with Crippen LogP contribution in [-0.2, 0) is 0 Å². The Bertz CT molecular complexity index is 611. The van der Waals surface area contributed by atoms with Crippen molar-refractivity contribution in [3.63, 3.8) is 0 Å². The van der Waals surface area contributed by atoms with E-state index in [9.17, 15) is 17.3 Å². The number of halogens is 4. The summed E-state index contributed by atoms with van der Waals surface area (Å²) >= 11 is 0. The van der Waals surface area contributed by atoms with Gasteiger partial charge in [0.2, 0.25) is 0 Å². The van der Waals surface area contributed by atoms with Crippen LogP contribution in [-0.4, -0.2) is 74.6 Å². The maximum absolute atomic E-state index is 9.75. The fourth-order valence-electron chi connectivity index (χ4n) is 3.44. The third-order valence-electron chi connectivity index (χ3n) is 4.97. The van der Waals surface area contributed by atoms with Crippen molar-refractivity contribution >= 4 is 26.5 Å². The summed E-state index contributed by atoms with van der Waals surface area (Å²) < 4.78 is 46.6. The topological polar surface area (TPSA) is 37.7 Å². The Labute approximate surface area is 192 Å². The summed E-state index contributed by atoms with van der Waals surface area (Å²) in [6, 6.07) is 8.31. The van der Waals surface area contributed by atoms with Gasteiger partial charge in [0.1, 0.15) is 0 Å². The second kappa shape index (κ2) is 14.8. The van der Waals surface area contributed by atoms with Crippen molar-refractivity contribution in [1.29, 1.82) is 0 Å². The van der Waals surface area contributed by atoms with Crippen LogP contribution < -0.4 is 4.90 Å². The van der Waals surface area contributed by atoms with E-state index in [1.165, 1.54) is 5.69 Å². The lowest BCUT2D eigenvalue weighted by atomic mass is 10.3. The maximum atomic E-state index is 9.75. The average molecular weight is 482 g/mol. The van der Waals surface area contributed by atoms with Crippen LogP contribution >= 0.6 is 7.87 Å². The molecule has 0 aliphatic carbocycles. The number of nitrogens with zero attached hydrogens (tertiary/aromatic N) is 6. The number of anilines is 1. The van der Waals surface area contributed by atoms with Crippen LogP contribution in [0, 0.1) is 0 Å². The fraction of sp³-hybridized carbons (Fsp3) is 0.700. The van der Waals surface area contributed by atoms with Crippen LogP contribution in [0.1, 0.15) is 41.5 Å². The zero-order chi connectivity index (χ0) is 24.9. The highest BCUT2D eigenvalue weighted by Crippen LogP contribution is 2.69. The van der Waals surface area contributed by atoms with Gasteiger partial charge >= 0.3 is 15.1 Å². The van der Waals surface area contributed by atoms with E-state index in [1.807, 2.05) is 14.1 Å². The molecule has 0 amide bonds. The van der Waals surface area contributed by atoms with Crippen LogP contribution in [0.5, 0.6) is 0 Å². The maximum Gasteiger partial charge on any atom is 0.673 e. The van der Waals surface area contributed by atoms with Crippen LogP contribution in [0.15, 0.2) is 34.3 Å². The Balaban J connectivity index is 0.00000172. The van der Waals surface area contributed by atoms with Crippen molar-refractivity contribution in [1.82, 2.24) is 14.0 Å². The molecule has 0 atom stereocenters. The van der Waals surface area contributed by atoms with Gasteiger partial charge in [-0.2, -0.15) is 0 Å². The Hall–Kier alpha value is -1.29. The monoisotopic (exact) mass is 482 g/mol. The van der Waals surface area contributed by atoms with Gasteiger partial charge in [0.25, 0.3) is 0 Å². The molecule has 0 spiro atoms. The minimum Gasteiger partial charge on any atom is -0.418 e. The van der Waals surface area contributed by atoms with E-state index in [4.69, 9.17) is 10.00 Å². The molecule has 1 aromatic carbocycles.